The molecule has 1 fully saturated rings. The number of aromatic nitrogens is 2. The molecule has 1 amide bonds. The van der Waals surface area contributed by atoms with Crippen LogP contribution in [0.1, 0.15) is 25.3 Å². The van der Waals surface area contributed by atoms with E-state index in [2.05, 4.69) is 10.4 Å². The van der Waals surface area contributed by atoms with Crippen LogP contribution in [0.15, 0.2) is 12.4 Å². The average molecular weight is 294 g/mol. The Morgan fingerprint density at radius 2 is 2.33 bits per heavy atom. The Morgan fingerprint density at radius 3 is 2.95 bits per heavy atom. The highest BCUT2D eigenvalue weighted by Gasteiger charge is 2.36. The fraction of sp³-hybridized carbons (Fsp3) is 0.733. The molecular formula is C15H26N4O2. The maximum atomic E-state index is 12.8. The van der Waals surface area contributed by atoms with Crippen LogP contribution in [0.25, 0.3) is 0 Å². The van der Waals surface area contributed by atoms with Gasteiger partial charge in [0.25, 0.3) is 0 Å². The summed E-state index contributed by atoms with van der Waals surface area (Å²) in [6, 6.07) is 0. The zero-order chi connectivity index (χ0) is 15.2. The second-order valence-electron chi connectivity index (χ2n) is 5.43. The first-order chi connectivity index (χ1) is 10.2. The molecule has 2 atom stereocenters. The van der Waals surface area contributed by atoms with E-state index in [1.807, 2.05) is 38.2 Å². The van der Waals surface area contributed by atoms with E-state index in [-0.39, 0.29) is 17.7 Å². The van der Waals surface area contributed by atoms with Crippen LogP contribution in [0.2, 0.25) is 0 Å². The first-order valence-corrected chi connectivity index (χ1v) is 7.73. The molecule has 6 nitrogen and oxygen atoms in total. The number of nitrogens with zero attached hydrogens (tertiary/aromatic N) is 3. The summed E-state index contributed by atoms with van der Waals surface area (Å²) in [5, 5.41) is 7.57. The monoisotopic (exact) mass is 294 g/mol. The molecule has 1 N–H and O–H groups in total. The third-order valence-corrected chi connectivity index (χ3v) is 4.09. The number of amides is 1. The molecule has 6 heteroatoms. The van der Waals surface area contributed by atoms with Crippen molar-refractivity contribution in [2.24, 2.45) is 13.0 Å². The topological polar surface area (TPSA) is 59.4 Å². The second kappa shape index (κ2) is 7.56. The van der Waals surface area contributed by atoms with Crippen LogP contribution in [-0.2, 0) is 16.6 Å². The number of carbonyl (C=O) groups is 1. The van der Waals surface area contributed by atoms with Gasteiger partial charge in [0.1, 0.15) is 0 Å². The van der Waals surface area contributed by atoms with E-state index in [9.17, 15) is 4.79 Å². The molecule has 0 spiro atoms. The van der Waals surface area contributed by atoms with Gasteiger partial charge in [0, 0.05) is 51.9 Å². The van der Waals surface area contributed by atoms with Gasteiger partial charge in [0.2, 0.25) is 5.91 Å². The van der Waals surface area contributed by atoms with Gasteiger partial charge in [-0.25, -0.2) is 0 Å². The number of hydrogen-bond acceptors (Lipinski definition) is 4. The Hall–Kier alpha value is -1.40. The van der Waals surface area contributed by atoms with Gasteiger partial charge in [-0.15, -0.1) is 0 Å². The fourth-order valence-electron chi connectivity index (χ4n) is 2.90. The normalized spacial score (nSPS) is 21.7. The summed E-state index contributed by atoms with van der Waals surface area (Å²) >= 11 is 0. The molecule has 0 bridgehead atoms. The lowest BCUT2D eigenvalue weighted by Crippen LogP contribution is -2.40. The number of likely N-dealkylation sites (N-methyl/N-ethyl adjacent to an activating group) is 1. The van der Waals surface area contributed by atoms with Gasteiger partial charge in [0.05, 0.1) is 18.7 Å². The van der Waals surface area contributed by atoms with Crippen molar-refractivity contribution in [2.75, 3.05) is 39.4 Å². The molecule has 1 aliphatic rings. The van der Waals surface area contributed by atoms with Gasteiger partial charge in [-0.05, 0) is 19.4 Å². The lowest BCUT2D eigenvalue weighted by Gasteiger charge is -2.26. The van der Waals surface area contributed by atoms with Crippen molar-refractivity contribution in [3.05, 3.63) is 18.0 Å². The Morgan fingerprint density at radius 1 is 1.52 bits per heavy atom. The number of hydrogen-bond donors (Lipinski definition) is 1. The standard InChI is InChI=1S/C15H26N4O2/c1-4-19(6-7-21-5-2)15(20)14-10-16-9-13(14)12-8-17-18(3)11-12/h8,11,13-14,16H,4-7,9-10H2,1-3H3/t13-,14+/m1/s1. The zero-order valence-electron chi connectivity index (χ0n) is 13.2. The van der Waals surface area contributed by atoms with Crippen molar-refractivity contribution in [2.45, 2.75) is 19.8 Å². The quantitative estimate of drug-likeness (QED) is 0.749. The van der Waals surface area contributed by atoms with E-state index in [0.717, 1.165) is 25.2 Å². The van der Waals surface area contributed by atoms with Crippen LogP contribution in [-0.4, -0.2) is 60.0 Å². The van der Waals surface area contributed by atoms with Crippen molar-refractivity contribution < 1.29 is 9.53 Å². The summed E-state index contributed by atoms with van der Waals surface area (Å²) < 4.78 is 7.16. The van der Waals surface area contributed by atoms with Crippen LogP contribution < -0.4 is 5.32 Å². The van der Waals surface area contributed by atoms with E-state index in [4.69, 9.17) is 4.74 Å². The number of carbonyl (C=O) groups excluding carboxylic acids is 1. The lowest BCUT2D eigenvalue weighted by molar-refractivity contribution is -0.135. The van der Waals surface area contributed by atoms with E-state index in [1.165, 1.54) is 0 Å². The second-order valence-corrected chi connectivity index (χ2v) is 5.43. The maximum absolute atomic E-state index is 12.8. The minimum Gasteiger partial charge on any atom is -0.380 e. The van der Waals surface area contributed by atoms with Crippen LogP contribution >= 0.6 is 0 Å². The smallest absolute Gasteiger partial charge is 0.227 e. The Bertz CT molecular complexity index is 460. The van der Waals surface area contributed by atoms with Gasteiger partial charge >= 0.3 is 0 Å². The Balaban J connectivity index is 2.02. The highest BCUT2D eigenvalue weighted by Crippen LogP contribution is 2.29. The van der Waals surface area contributed by atoms with Crippen LogP contribution in [0, 0.1) is 5.92 Å². The molecule has 21 heavy (non-hydrogen) atoms. The van der Waals surface area contributed by atoms with Gasteiger partial charge < -0.3 is 15.0 Å². The molecule has 0 aromatic carbocycles. The Labute approximate surface area is 126 Å². The summed E-state index contributed by atoms with van der Waals surface area (Å²) in [7, 11) is 1.91. The van der Waals surface area contributed by atoms with Crippen molar-refractivity contribution >= 4 is 5.91 Å². The molecule has 118 valence electrons. The molecule has 0 radical (unpaired) electrons. The molecule has 0 unspecified atom stereocenters. The van der Waals surface area contributed by atoms with Crippen LogP contribution in [0.4, 0.5) is 0 Å². The molecule has 2 heterocycles. The van der Waals surface area contributed by atoms with E-state index in [1.54, 1.807) is 4.68 Å². The predicted octanol–water partition coefficient (Wildman–Crippen LogP) is 0.608. The van der Waals surface area contributed by atoms with Crippen molar-refractivity contribution in [3.8, 4) is 0 Å². The third-order valence-electron chi connectivity index (χ3n) is 4.09. The predicted molar refractivity (Wildman–Crippen MR) is 81.1 cm³/mol. The SMILES string of the molecule is CCOCCN(CC)C(=O)[C@H]1CNC[C@@H]1c1cnn(C)c1. The summed E-state index contributed by atoms with van der Waals surface area (Å²) in [5.41, 5.74) is 1.14. The number of ether oxygens (including phenoxy) is 1. The van der Waals surface area contributed by atoms with Crippen LogP contribution in [0.5, 0.6) is 0 Å². The third kappa shape index (κ3) is 3.83. The fourth-order valence-corrected chi connectivity index (χ4v) is 2.90. The first-order valence-electron chi connectivity index (χ1n) is 7.73. The molecule has 0 saturated carbocycles. The molecule has 1 saturated heterocycles. The number of nitrogens with one attached hydrogen (secondary N) is 1. The van der Waals surface area contributed by atoms with Crippen molar-refractivity contribution in [1.29, 1.82) is 0 Å². The van der Waals surface area contributed by atoms with Gasteiger partial charge in [-0.1, -0.05) is 0 Å². The minimum absolute atomic E-state index is 0.00391. The van der Waals surface area contributed by atoms with E-state index < -0.39 is 0 Å². The number of rotatable bonds is 7. The van der Waals surface area contributed by atoms with E-state index >= 15 is 0 Å². The van der Waals surface area contributed by atoms with Gasteiger partial charge in [-0.2, -0.15) is 5.10 Å². The van der Waals surface area contributed by atoms with Crippen LogP contribution in [0.3, 0.4) is 0 Å². The first kappa shape index (κ1) is 16.0. The largest absolute Gasteiger partial charge is 0.380 e. The Kier molecular flexibility index (Phi) is 5.76. The highest BCUT2D eigenvalue weighted by atomic mass is 16.5. The minimum atomic E-state index is -0.00391. The molecule has 2 rings (SSSR count). The van der Waals surface area contributed by atoms with Gasteiger partial charge in [0.15, 0.2) is 0 Å². The summed E-state index contributed by atoms with van der Waals surface area (Å²) in [6.07, 6.45) is 3.88. The zero-order valence-corrected chi connectivity index (χ0v) is 13.2. The summed E-state index contributed by atoms with van der Waals surface area (Å²) in [5.74, 6) is 0.430. The van der Waals surface area contributed by atoms with Crippen molar-refractivity contribution in [3.63, 3.8) is 0 Å². The van der Waals surface area contributed by atoms with E-state index in [0.29, 0.717) is 19.8 Å². The number of aryl methyl sites for hydroxylation is 1. The summed E-state index contributed by atoms with van der Waals surface area (Å²) in [4.78, 5) is 14.7. The molecular weight excluding hydrogens is 268 g/mol. The lowest BCUT2D eigenvalue weighted by atomic mass is 9.90. The molecule has 1 aliphatic heterocycles. The van der Waals surface area contributed by atoms with Gasteiger partial charge in [-0.3, -0.25) is 9.48 Å². The van der Waals surface area contributed by atoms with Crippen molar-refractivity contribution in [1.82, 2.24) is 20.0 Å². The maximum Gasteiger partial charge on any atom is 0.227 e. The molecule has 0 aliphatic carbocycles. The molecule has 1 aromatic rings. The highest BCUT2D eigenvalue weighted by molar-refractivity contribution is 5.80. The summed E-state index contributed by atoms with van der Waals surface area (Å²) in [6.45, 7) is 8.25. The average Bonchev–Trinajstić information content (AvgIpc) is 3.11. The molecule has 1 aromatic heterocycles.